The summed E-state index contributed by atoms with van der Waals surface area (Å²) in [7, 11) is 4.09. The normalized spacial score (nSPS) is 13.2. The molecule has 2 aromatic rings. The number of nitrogens with two attached hydrogens (primary N) is 1. The van der Waals surface area contributed by atoms with Crippen LogP contribution in [0.3, 0.4) is 0 Å². The molecule has 1 heterocycles. The monoisotopic (exact) mass is 235 g/mol. The highest BCUT2D eigenvalue weighted by molar-refractivity contribution is 5.94. The lowest BCUT2D eigenvalue weighted by Gasteiger charge is -2.20. The van der Waals surface area contributed by atoms with Crippen LogP contribution in [-0.4, -0.2) is 41.9 Å². The Labute approximate surface area is 99.7 Å². The van der Waals surface area contributed by atoms with Gasteiger partial charge in [0.05, 0.1) is 11.4 Å². The first-order valence-corrected chi connectivity index (χ1v) is 5.50. The van der Waals surface area contributed by atoms with E-state index in [1.165, 1.54) is 0 Å². The van der Waals surface area contributed by atoms with Crippen LogP contribution in [0.5, 0.6) is 0 Å². The maximum Gasteiger partial charge on any atom is 0.160 e. The molecule has 3 N–H and O–H groups in total. The summed E-state index contributed by atoms with van der Waals surface area (Å²) < 4.78 is 4.71. The molecule has 1 unspecified atom stereocenters. The Hall–Kier alpha value is -1.82. The van der Waals surface area contributed by atoms with Crippen LogP contribution in [0.2, 0.25) is 0 Å². The quantitative estimate of drug-likeness (QED) is 0.774. The Morgan fingerprint density at radius 3 is 2.76 bits per heavy atom. The molecule has 0 radical (unpaired) electrons. The van der Waals surface area contributed by atoms with Gasteiger partial charge in [0.1, 0.15) is 0 Å². The lowest BCUT2D eigenvalue weighted by molar-refractivity contribution is 0.315. The van der Waals surface area contributed by atoms with Gasteiger partial charge in [-0.05, 0) is 43.5 Å². The second-order valence-electron chi connectivity index (χ2n) is 4.36. The molecule has 1 atom stereocenters. The summed E-state index contributed by atoms with van der Waals surface area (Å²) in [6, 6.07) is 4.11. The molecule has 0 saturated carbocycles. The SMILES string of the molecule is CC(CNc1ccc(N)c2nonc12)N(C)C. The van der Waals surface area contributed by atoms with Crippen molar-refractivity contribution in [2.75, 3.05) is 31.7 Å². The fraction of sp³-hybridized carbons (Fsp3) is 0.455. The summed E-state index contributed by atoms with van der Waals surface area (Å²) in [6.07, 6.45) is 0. The topological polar surface area (TPSA) is 80.2 Å². The number of nitrogens with zero attached hydrogens (tertiary/aromatic N) is 3. The Morgan fingerprint density at radius 2 is 2.06 bits per heavy atom. The van der Waals surface area contributed by atoms with Gasteiger partial charge < -0.3 is 16.0 Å². The van der Waals surface area contributed by atoms with Crippen molar-refractivity contribution in [2.24, 2.45) is 0 Å². The highest BCUT2D eigenvalue weighted by Crippen LogP contribution is 2.24. The molecule has 0 spiro atoms. The van der Waals surface area contributed by atoms with Crippen molar-refractivity contribution in [3.05, 3.63) is 12.1 Å². The van der Waals surface area contributed by atoms with E-state index in [1.54, 1.807) is 6.07 Å². The van der Waals surface area contributed by atoms with Gasteiger partial charge in [0, 0.05) is 12.6 Å². The molecule has 0 amide bonds. The molecule has 1 aromatic heterocycles. The second kappa shape index (κ2) is 4.58. The largest absolute Gasteiger partial charge is 0.397 e. The number of aromatic nitrogens is 2. The molecule has 6 heteroatoms. The van der Waals surface area contributed by atoms with E-state index in [4.69, 9.17) is 10.4 Å². The van der Waals surface area contributed by atoms with Crippen LogP contribution in [0.1, 0.15) is 6.92 Å². The lowest BCUT2D eigenvalue weighted by Crippen LogP contribution is -2.31. The number of nitrogens with one attached hydrogen (secondary N) is 1. The summed E-state index contributed by atoms with van der Waals surface area (Å²) in [6.45, 7) is 2.96. The molecular weight excluding hydrogens is 218 g/mol. The van der Waals surface area contributed by atoms with Crippen molar-refractivity contribution in [3.8, 4) is 0 Å². The van der Waals surface area contributed by atoms with E-state index < -0.39 is 0 Å². The molecule has 92 valence electrons. The third-order valence-electron chi connectivity index (χ3n) is 2.92. The van der Waals surface area contributed by atoms with Gasteiger partial charge in [-0.3, -0.25) is 0 Å². The average molecular weight is 235 g/mol. The molecule has 0 aliphatic heterocycles. The highest BCUT2D eigenvalue weighted by atomic mass is 16.6. The molecule has 0 aliphatic rings. The number of hydrogen-bond acceptors (Lipinski definition) is 6. The summed E-state index contributed by atoms with van der Waals surface area (Å²) >= 11 is 0. The number of hydrogen-bond donors (Lipinski definition) is 2. The van der Waals surface area contributed by atoms with Gasteiger partial charge in [-0.15, -0.1) is 0 Å². The molecule has 0 saturated heterocycles. The summed E-state index contributed by atoms with van der Waals surface area (Å²) in [5.41, 5.74) is 8.53. The predicted octanol–water partition coefficient (Wildman–Crippen LogP) is 1.17. The van der Waals surface area contributed by atoms with Gasteiger partial charge >= 0.3 is 0 Å². The standard InChI is InChI=1S/C11H17N5O/c1-7(16(2)3)6-13-9-5-4-8(12)10-11(9)15-17-14-10/h4-5,7,13H,6,12H2,1-3H3. The number of anilines is 2. The molecule has 0 bridgehead atoms. The smallest absolute Gasteiger partial charge is 0.160 e. The highest BCUT2D eigenvalue weighted by Gasteiger charge is 2.11. The minimum Gasteiger partial charge on any atom is -0.397 e. The van der Waals surface area contributed by atoms with Gasteiger partial charge in [0.25, 0.3) is 0 Å². The molecule has 2 rings (SSSR count). The predicted molar refractivity (Wildman–Crippen MR) is 67.9 cm³/mol. The van der Waals surface area contributed by atoms with Crippen LogP contribution in [0, 0.1) is 0 Å². The van der Waals surface area contributed by atoms with Crippen LogP contribution in [0.25, 0.3) is 11.0 Å². The number of fused-ring (bicyclic) bond motifs is 1. The maximum absolute atomic E-state index is 5.78. The van der Waals surface area contributed by atoms with Crippen molar-refractivity contribution >= 4 is 22.4 Å². The van der Waals surface area contributed by atoms with Gasteiger partial charge in [-0.2, -0.15) is 0 Å². The van der Waals surface area contributed by atoms with Crippen molar-refractivity contribution in [2.45, 2.75) is 13.0 Å². The van der Waals surface area contributed by atoms with E-state index in [2.05, 4.69) is 27.5 Å². The lowest BCUT2D eigenvalue weighted by atomic mass is 10.2. The molecule has 17 heavy (non-hydrogen) atoms. The van der Waals surface area contributed by atoms with E-state index >= 15 is 0 Å². The number of nitrogen functional groups attached to an aromatic ring is 1. The van der Waals surface area contributed by atoms with E-state index in [0.717, 1.165) is 12.2 Å². The van der Waals surface area contributed by atoms with Gasteiger partial charge in [-0.1, -0.05) is 0 Å². The fourth-order valence-electron chi connectivity index (χ4n) is 1.47. The van der Waals surface area contributed by atoms with Crippen LogP contribution >= 0.6 is 0 Å². The minimum atomic E-state index is 0.419. The Morgan fingerprint density at radius 1 is 1.35 bits per heavy atom. The van der Waals surface area contributed by atoms with Gasteiger partial charge in [0.2, 0.25) is 0 Å². The Bertz CT molecular complexity index is 508. The summed E-state index contributed by atoms with van der Waals surface area (Å²) in [5, 5.41) is 11.0. The van der Waals surface area contributed by atoms with Crippen LogP contribution in [-0.2, 0) is 0 Å². The zero-order chi connectivity index (χ0) is 12.4. The third-order valence-corrected chi connectivity index (χ3v) is 2.92. The van der Waals surface area contributed by atoms with E-state index in [-0.39, 0.29) is 0 Å². The van der Waals surface area contributed by atoms with Crippen molar-refractivity contribution < 1.29 is 4.63 Å². The third kappa shape index (κ3) is 2.31. The molecule has 0 aliphatic carbocycles. The zero-order valence-electron chi connectivity index (χ0n) is 10.3. The van der Waals surface area contributed by atoms with Crippen LogP contribution < -0.4 is 11.1 Å². The summed E-state index contributed by atoms with van der Waals surface area (Å²) in [4.78, 5) is 2.14. The fourth-order valence-corrected chi connectivity index (χ4v) is 1.47. The first kappa shape index (κ1) is 11.7. The van der Waals surface area contributed by atoms with Crippen molar-refractivity contribution in [1.82, 2.24) is 15.2 Å². The number of rotatable bonds is 4. The van der Waals surface area contributed by atoms with Gasteiger partial charge in [-0.25, -0.2) is 4.63 Å². The van der Waals surface area contributed by atoms with Crippen molar-refractivity contribution in [1.29, 1.82) is 0 Å². The number of likely N-dealkylation sites (N-methyl/N-ethyl adjacent to an activating group) is 1. The van der Waals surface area contributed by atoms with Crippen LogP contribution in [0.4, 0.5) is 11.4 Å². The molecule has 6 nitrogen and oxygen atoms in total. The second-order valence-corrected chi connectivity index (χ2v) is 4.36. The first-order valence-electron chi connectivity index (χ1n) is 5.50. The average Bonchev–Trinajstić information content (AvgIpc) is 2.77. The van der Waals surface area contributed by atoms with Crippen molar-refractivity contribution in [3.63, 3.8) is 0 Å². The summed E-state index contributed by atoms with van der Waals surface area (Å²) in [5.74, 6) is 0. The minimum absolute atomic E-state index is 0.419. The van der Waals surface area contributed by atoms with Crippen LogP contribution in [0.15, 0.2) is 16.8 Å². The Balaban J connectivity index is 2.19. The first-order chi connectivity index (χ1) is 8.09. The zero-order valence-corrected chi connectivity index (χ0v) is 10.3. The molecule has 0 fully saturated rings. The molecular formula is C11H17N5O. The maximum atomic E-state index is 5.78. The van der Waals surface area contributed by atoms with Gasteiger partial charge in [0.15, 0.2) is 11.0 Å². The number of benzene rings is 1. The van der Waals surface area contributed by atoms with E-state index in [1.807, 2.05) is 20.2 Å². The molecule has 1 aromatic carbocycles. The van der Waals surface area contributed by atoms with E-state index in [0.29, 0.717) is 22.8 Å². The van der Waals surface area contributed by atoms with E-state index in [9.17, 15) is 0 Å². The Kier molecular flexibility index (Phi) is 3.14.